The maximum absolute atomic E-state index is 13.9. The van der Waals surface area contributed by atoms with Crippen molar-refractivity contribution in [3.05, 3.63) is 84.7 Å². The number of hydrogen-bond acceptors (Lipinski definition) is 7. The molecule has 8 rings (SSSR count). The number of aromatic amines is 2. The molecule has 3 aromatic carbocycles. The van der Waals surface area contributed by atoms with E-state index in [1.807, 2.05) is 56.8 Å². The Labute approximate surface area is 352 Å². The molecule has 1 spiro atoms. The van der Waals surface area contributed by atoms with Gasteiger partial charge in [0.1, 0.15) is 17.2 Å². The van der Waals surface area contributed by atoms with Crippen LogP contribution in [-0.2, 0) is 20.8 Å². The molecule has 1 aliphatic heterocycles. The lowest BCUT2D eigenvalue weighted by Crippen LogP contribution is -2.96. The summed E-state index contributed by atoms with van der Waals surface area (Å²) in [7, 11) is 1.34. The van der Waals surface area contributed by atoms with Gasteiger partial charge >= 0.3 is 12.2 Å². The van der Waals surface area contributed by atoms with Gasteiger partial charge in [0, 0.05) is 24.1 Å². The number of primary amides is 1. The standard InChI is InChI=1S/C48H59N7O5/c1-8-30-9-18-37(21-30)54(46(58)60-47(4,5)6)27-41-49-25-38(51-41)32-12-10-31(11-13-32)33-14-15-35-23-36(17-16-34(35)22-33)39-26-50-43(52-39)40-24-48(19-20-48)28-55(40)44(56)42(29(2)3)53-45(57)59-7/h10-17,22-23,25-26,29-30,37,40,42H,8-9,18-21,24,27-28H2,1-7H3,(H,49,51)(H,50,52)(H,53,57)/p+1. The van der Waals surface area contributed by atoms with Gasteiger partial charge < -0.3 is 24.3 Å². The van der Waals surface area contributed by atoms with Gasteiger partial charge in [-0.25, -0.2) is 20.1 Å². The molecule has 5 aromatic rings. The highest BCUT2D eigenvalue weighted by Crippen LogP contribution is 2.58. The molecule has 1 saturated heterocycles. The maximum Gasteiger partial charge on any atom is 0.513 e. The fourth-order valence-corrected chi connectivity index (χ4v) is 9.23. The highest BCUT2D eigenvalue weighted by Gasteiger charge is 2.55. The number of rotatable bonds is 11. The van der Waals surface area contributed by atoms with E-state index in [0.29, 0.717) is 19.0 Å². The zero-order valence-corrected chi connectivity index (χ0v) is 36.1. The van der Waals surface area contributed by atoms with E-state index in [9.17, 15) is 14.4 Å². The number of carbonyl (C=O) groups excluding carboxylic acids is 3. The van der Waals surface area contributed by atoms with Crippen molar-refractivity contribution < 1.29 is 29.2 Å². The molecule has 12 heteroatoms. The summed E-state index contributed by atoms with van der Waals surface area (Å²) >= 11 is 0. The number of H-pyrrole nitrogens is 2. The average Bonchev–Trinajstić information content (AvgIpc) is 3.74. The molecule has 4 N–H and O–H groups in total. The number of hydrogen-bond donors (Lipinski definition) is 3. The Balaban J connectivity index is 0.950. The summed E-state index contributed by atoms with van der Waals surface area (Å²) in [6.07, 6.45) is 10.3. The number of nitrogens with two attached hydrogens (primary N) is 1. The van der Waals surface area contributed by atoms with Crippen LogP contribution in [0.3, 0.4) is 0 Å². The van der Waals surface area contributed by atoms with Crippen molar-refractivity contribution in [3.8, 4) is 33.6 Å². The van der Waals surface area contributed by atoms with Gasteiger partial charge in [0.25, 0.3) is 5.91 Å². The number of nitrogens with zero attached hydrogens (tertiary/aromatic N) is 4. The van der Waals surface area contributed by atoms with E-state index >= 15 is 0 Å². The third-order valence-electron chi connectivity index (χ3n) is 13.0. The Morgan fingerprint density at radius 2 is 1.55 bits per heavy atom. The molecule has 2 aliphatic carbocycles. The van der Waals surface area contributed by atoms with Crippen molar-refractivity contribution in [1.29, 1.82) is 0 Å². The number of methoxy groups -OCH3 is 1. The first-order valence-corrected chi connectivity index (χ1v) is 21.7. The van der Waals surface area contributed by atoms with Gasteiger partial charge in [-0.15, -0.1) is 0 Å². The molecule has 2 saturated carbocycles. The predicted molar refractivity (Wildman–Crippen MR) is 231 cm³/mol. The van der Waals surface area contributed by atoms with Crippen molar-refractivity contribution in [2.45, 2.75) is 117 Å². The van der Waals surface area contributed by atoms with Crippen molar-refractivity contribution in [1.82, 2.24) is 29.7 Å². The monoisotopic (exact) mass is 814 g/mol. The van der Waals surface area contributed by atoms with Gasteiger partial charge in [-0.1, -0.05) is 75.7 Å². The van der Waals surface area contributed by atoms with Crippen molar-refractivity contribution in [3.63, 3.8) is 0 Å². The van der Waals surface area contributed by atoms with E-state index < -0.39 is 17.7 Å². The van der Waals surface area contributed by atoms with Gasteiger partial charge in [0.2, 0.25) is 0 Å². The average molecular weight is 815 g/mol. The van der Waals surface area contributed by atoms with Gasteiger partial charge in [0.05, 0.1) is 43.5 Å². The number of aromatic nitrogens is 4. The lowest BCUT2D eigenvalue weighted by atomic mass is 9.98. The molecular weight excluding hydrogens is 755 g/mol. The van der Waals surface area contributed by atoms with Gasteiger partial charge in [-0.3, -0.25) is 9.69 Å². The van der Waals surface area contributed by atoms with Crippen LogP contribution >= 0.6 is 0 Å². The third-order valence-corrected chi connectivity index (χ3v) is 13.0. The van der Waals surface area contributed by atoms with Crippen LogP contribution in [-0.4, -0.2) is 79.2 Å². The van der Waals surface area contributed by atoms with E-state index in [2.05, 4.69) is 82.5 Å². The molecular formula is C48H60N7O5+. The van der Waals surface area contributed by atoms with Gasteiger partial charge in [-0.05, 0) is 110 Å². The van der Waals surface area contributed by atoms with Gasteiger partial charge in [-0.2, -0.15) is 4.79 Å². The maximum atomic E-state index is 13.9. The topological polar surface area (TPSA) is 150 Å². The molecule has 4 unspecified atom stereocenters. The number of carbonyl (C=O) groups is 3. The minimum atomic E-state index is -0.567. The van der Waals surface area contributed by atoms with E-state index in [1.54, 1.807) is 0 Å². The van der Waals surface area contributed by atoms with Crippen molar-refractivity contribution in [2.24, 2.45) is 17.3 Å². The normalized spacial score (nSPS) is 20.2. The smallest absolute Gasteiger partial charge is 0.444 e. The third kappa shape index (κ3) is 8.84. The summed E-state index contributed by atoms with van der Waals surface area (Å²) in [5.74, 6) is 2.07. The lowest BCUT2D eigenvalue weighted by molar-refractivity contribution is -0.601. The number of quaternary nitrogens is 1. The Kier molecular flexibility index (Phi) is 11.4. The number of ether oxygens (including phenoxy) is 2. The minimum absolute atomic E-state index is 0.0419. The second-order valence-corrected chi connectivity index (χ2v) is 18.8. The lowest BCUT2D eigenvalue weighted by Gasteiger charge is -2.31. The summed E-state index contributed by atoms with van der Waals surface area (Å²) in [4.78, 5) is 59.8. The number of imidazole rings is 2. The number of amides is 3. The summed E-state index contributed by atoms with van der Waals surface area (Å²) in [6, 6.07) is 20.9. The predicted octanol–water partition coefficient (Wildman–Crippen LogP) is 9.01. The Morgan fingerprint density at radius 3 is 2.20 bits per heavy atom. The second kappa shape index (κ2) is 16.5. The highest BCUT2D eigenvalue weighted by atomic mass is 16.6. The fourth-order valence-electron chi connectivity index (χ4n) is 9.23. The largest absolute Gasteiger partial charge is 0.513 e. The van der Waals surface area contributed by atoms with Crippen LogP contribution < -0.4 is 5.32 Å². The zero-order valence-electron chi connectivity index (χ0n) is 36.1. The Bertz CT molecular complexity index is 2350. The molecule has 60 heavy (non-hydrogen) atoms. The summed E-state index contributed by atoms with van der Waals surface area (Å²) in [5, 5.41) is 3.67. The first-order chi connectivity index (χ1) is 28.7. The Hall–Kier alpha value is -5.49. The van der Waals surface area contributed by atoms with Crippen LogP contribution in [0, 0.1) is 17.3 Å². The van der Waals surface area contributed by atoms with E-state index in [4.69, 9.17) is 14.5 Å². The minimum Gasteiger partial charge on any atom is -0.444 e. The van der Waals surface area contributed by atoms with E-state index in [-0.39, 0.29) is 35.4 Å². The molecule has 3 amide bonds. The molecule has 3 aliphatic rings. The van der Waals surface area contributed by atoms with Crippen LogP contribution in [0.1, 0.15) is 104 Å². The van der Waals surface area contributed by atoms with E-state index in [0.717, 1.165) is 101 Å². The van der Waals surface area contributed by atoms with Crippen molar-refractivity contribution in [2.75, 3.05) is 13.7 Å². The van der Waals surface area contributed by atoms with Crippen LogP contribution in [0.2, 0.25) is 0 Å². The zero-order chi connectivity index (χ0) is 42.3. The molecule has 4 atom stereocenters. The molecule has 3 heterocycles. The van der Waals surface area contributed by atoms with Crippen LogP contribution in [0.5, 0.6) is 0 Å². The number of nitrogens with one attached hydrogen (secondary N) is 2. The molecule has 3 fully saturated rings. The highest BCUT2D eigenvalue weighted by molar-refractivity contribution is 5.90. The Morgan fingerprint density at radius 1 is 0.900 bits per heavy atom. The van der Waals surface area contributed by atoms with Crippen molar-refractivity contribution >= 4 is 28.9 Å². The van der Waals surface area contributed by atoms with Crippen LogP contribution in [0.25, 0.3) is 44.4 Å². The molecule has 0 radical (unpaired) electrons. The quantitative estimate of drug-likeness (QED) is 0.120. The SMILES string of the molecule is CCC1CCC(N(Cc2ncc(-c3ccc(-c4ccc5cc(-c6cnc(C7CC8(CC8)CN7C(=O)C([NH2+]C(=O)OC)C(C)C)[nH]6)ccc5c4)cc3)[nH]2)C(=O)OC(C)(C)C)C1. The summed E-state index contributed by atoms with van der Waals surface area (Å²) in [5.41, 5.74) is 5.66. The first-order valence-electron chi connectivity index (χ1n) is 21.7. The molecule has 2 aromatic heterocycles. The summed E-state index contributed by atoms with van der Waals surface area (Å²) < 4.78 is 10.7. The van der Waals surface area contributed by atoms with Crippen LogP contribution in [0.15, 0.2) is 73.1 Å². The van der Waals surface area contributed by atoms with Crippen LogP contribution in [0.4, 0.5) is 9.59 Å². The fraction of sp³-hybridized carbons (Fsp3) is 0.479. The number of fused-ring (bicyclic) bond motifs is 1. The molecule has 0 bridgehead atoms. The second-order valence-electron chi connectivity index (χ2n) is 18.8. The number of benzene rings is 3. The summed E-state index contributed by atoms with van der Waals surface area (Å²) in [6.45, 7) is 12.9. The van der Waals surface area contributed by atoms with Gasteiger partial charge in [0.15, 0.2) is 6.04 Å². The molecule has 316 valence electrons. The first kappa shape index (κ1) is 41.3. The molecule has 12 nitrogen and oxygen atoms in total. The number of likely N-dealkylation sites (tertiary alicyclic amines) is 1. The van der Waals surface area contributed by atoms with E-state index in [1.165, 1.54) is 12.4 Å².